The van der Waals surface area contributed by atoms with Crippen LogP contribution in [0.5, 0.6) is 0 Å². The molecule has 0 aromatic heterocycles. The SMILES string of the molecule is COC(=O)[C@]12C[C@]3(C(=O)OC)C[C@](C(=O)OC)(CC[C@](C(=O)OC)(C1)C3=O)C2=O. The van der Waals surface area contributed by atoms with E-state index in [0.717, 1.165) is 28.4 Å². The first-order valence-corrected chi connectivity index (χ1v) is 9.00. The monoisotopic (exact) mass is 410 g/mol. The van der Waals surface area contributed by atoms with Crippen LogP contribution in [0.1, 0.15) is 32.1 Å². The molecule has 0 aromatic carbocycles. The van der Waals surface area contributed by atoms with Crippen molar-refractivity contribution in [1.29, 1.82) is 0 Å². The summed E-state index contributed by atoms with van der Waals surface area (Å²) in [5.74, 6) is -5.60. The number of hydrogen-bond donors (Lipinski definition) is 0. The lowest BCUT2D eigenvalue weighted by molar-refractivity contribution is -0.196. The third kappa shape index (κ3) is 2.22. The molecule has 4 saturated carbocycles. The summed E-state index contributed by atoms with van der Waals surface area (Å²) in [4.78, 5) is 78.7. The van der Waals surface area contributed by atoms with Crippen LogP contribution in [0, 0.1) is 21.7 Å². The van der Waals surface area contributed by atoms with Gasteiger partial charge in [-0.05, 0) is 32.1 Å². The number of fused-ring (bicyclic) bond motifs is 1. The number of ether oxygens (including phenoxy) is 4. The smallest absolute Gasteiger partial charge is 0.319 e. The van der Waals surface area contributed by atoms with Crippen molar-refractivity contribution < 1.29 is 47.7 Å². The average molecular weight is 410 g/mol. The Balaban J connectivity index is 2.43. The Bertz CT molecular complexity index is 778. The maximum absolute atomic E-state index is 13.6. The third-order valence-corrected chi connectivity index (χ3v) is 6.83. The first-order chi connectivity index (χ1) is 13.6. The van der Waals surface area contributed by atoms with E-state index in [2.05, 4.69) is 0 Å². The molecule has 0 aromatic rings. The Morgan fingerprint density at radius 1 is 0.552 bits per heavy atom. The predicted octanol–water partition coefficient (Wildman–Crippen LogP) is -0.246. The molecule has 4 atom stereocenters. The molecule has 0 heterocycles. The highest BCUT2D eigenvalue weighted by Gasteiger charge is 2.81. The number of Topliss-reactive ketones (excluding diaryl/α,β-unsaturated/α-hetero) is 2. The van der Waals surface area contributed by atoms with Crippen LogP contribution < -0.4 is 0 Å². The van der Waals surface area contributed by atoms with Crippen LogP contribution >= 0.6 is 0 Å². The summed E-state index contributed by atoms with van der Waals surface area (Å²) in [6, 6.07) is 0. The molecule has 29 heavy (non-hydrogen) atoms. The molecule has 0 spiro atoms. The Kier molecular flexibility index (Phi) is 4.59. The Hall–Kier alpha value is -2.78. The van der Waals surface area contributed by atoms with Gasteiger partial charge in [-0.2, -0.15) is 0 Å². The van der Waals surface area contributed by atoms with E-state index in [4.69, 9.17) is 18.9 Å². The van der Waals surface area contributed by atoms with Gasteiger partial charge in [-0.1, -0.05) is 0 Å². The van der Waals surface area contributed by atoms with Crippen LogP contribution in [0.2, 0.25) is 0 Å². The fourth-order valence-electron chi connectivity index (χ4n) is 5.69. The maximum atomic E-state index is 13.6. The third-order valence-electron chi connectivity index (χ3n) is 6.83. The minimum Gasteiger partial charge on any atom is -0.468 e. The molecular weight excluding hydrogens is 388 g/mol. The van der Waals surface area contributed by atoms with Crippen molar-refractivity contribution in [3.63, 3.8) is 0 Å². The zero-order valence-corrected chi connectivity index (χ0v) is 16.6. The average Bonchev–Trinajstić information content (AvgIpc) is 2.87. The number of carbonyl (C=O) groups is 6. The molecule has 158 valence electrons. The van der Waals surface area contributed by atoms with Gasteiger partial charge in [0.05, 0.1) is 28.4 Å². The van der Waals surface area contributed by atoms with E-state index in [0.29, 0.717) is 0 Å². The van der Waals surface area contributed by atoms with Gasteiger partial charge in [-0.15, -0.1) is 0 Å². The zero-order chi connectivity index (χ0) is 21.8. The number of ketones is 2. The topological polar surface area (TPSA) is 139 Å². The highest BCUT2D eigenvalue weighted by molar-refractivity contribution is 6.25. The maximum Gasteiger partial charge on any atom is 0.319 e. The summed E-state index contributed by atoms with van der Waals surface area (Å²) < 4.78 is 19.4. The van der Waals surface area contributed by atoms with Gasteiger partial charge in [-0.25, -0.2) is 0 Å². The molecule has 4 aliphatic rings. The van der Waals surface area contributed by atoms with Crippen LogP contribution in [0.15, 0.2) is 0 Å². The summed E-state index contributed by atoms with van der Waals surface area (Å²) >= 11 is 0. The molecule has 0 aliphatic heterocycles. The summed E-state index contributed by atoms with van der Waals surface area (Å²) in [5, 5.41) is 0. The molecule has 0 N–H and O–H groups in total. The molecule has 4 aliphatic carbocycles. The second kappa shape index (κ2) is 6.36. The lowest BCUT2D eigenvalue weighted by atomic mass is 9.44. The van der Waals surface area contributed by atoms with Crippen molar-refractivity contribution >= 4 is 35.4 Å². The Morgan fingerprint density at radius 3 is 1.07 bits per heavy atom. The zero-order valence-electron chi connectivity index (χ0n) is 16.6. The largest absolute Gasteiger partial charge is 0.468 e. The minimum atomic E-state index is -2.06. The van der Waals surface area contributed by atoms with Gasteiger partial charge in [0.1, 0.15) is 21.7 Å². The molecule has 4 rings (SSSR count). The summed E-state index contributed by atoms with van der Waals surface area (Å²) in [6.45, 7) is 0. The van der Waals surface area contributed by atoms with Crippen LogP contribution in [0.4, 0.5) is 0 Å². The molecule has 10 nitrogen and oxygen atoms in total. The van der Waals surface area contributed by atoms with Crippen molar-refractivity contribution in [2.45, 2.75) is 32.1 Å². The molecule has 0 saturated heterocycles. The van der Waals surface area contributed by atoms with Crippen molar-refractivity contribution in [3.8, 4) is 0 Å². The van der Waals surface area contributed by atoms with Crippen molar-refractivity contribution in [3.05, 3.63) is 0 Å². The van der Waals surface area contributed by atoms with Gasteiger partial charge >= 0.3 is 23.9 Å². The highest BCUT2D eigenvalue weighted by Crippen LogP contribution is 2.68. The number of methoxy groups -OCH3 is 4. The van der Waals surface area contributed by atoms with Gasteiger partial charge in [-0.3, -0.25) is 28.8 Å². The first-order valence-electron chi connectivity index (χ1n) is 9.00. The Morgan fingerprint density at radius 2 is 0.793 bits per heavy atom. The molecule has 0 radical (unpaired) electrons. The number of hydrogen-bond acceptors (Lipinski definition) is 10. The lowest BCUT2D eigenvalue weighted by Crippen LogP contribution is -2.69. The quantitative estimate of drug-likeness (QED) is 0.346. The van der Waals surface area contributed by atoms with E-state index in [1.165, 1.54) is 0 Å². The van der Waals surface area contributed by atoms with Gasteiger partial charge < -0.3 is 18.9 Å². The summed E-state index contributed by atoms with van der Waals surface area (Å²) in [5.41, 5.74) is -8.05. The van der Waals surface area contributed by atoms with Crippen molar-refractivity contribution in [1.82, 2.24) is 0 Å². The van der Waals surface area contributed by atoms with Gasteiger partial charge in [0, 0.05) is 0 Å². The molecule has 4 bridgehead atoms. The normalized spacial score (nSPS) is 37.5. The van der Waals surface area contributed by atoms with E-state index in [9.17, 15) is 28.8 Å². The van der Waals surface area contributed by atoms with E-state index >= 15 is 0 Å². The van der Waals surface area contributed by atoms with E-state index in [1.54, 1.807) is 0 Å². The van der Waals surface area contributed by atoms with Crippen LogP contribution in [0.25, 0.3) is 0 Å². The van der Waals surface area contributed by atoms with Crippen molar-refractivity contribution in [2.75, 3.05) is 28.4 Å². The first kappa shape index (κ1) is 20.9. The number of carbonyl (C=O) groups excluding carboxylic acids is 6. The lowest BCUT2D eigenvalue weighted by Gasteiger charge is -2.53. The number of rotatable bonds is 4. The van der Waals surface area contributed by atoms with Crippen LogP contribution in [-0.2, 0) is 47.7 Å². The van der Waals surface area contributed by atoms with Gasteiger partial charge in [0.25, 0.3) is 0 Å². The summed E-state index contributed by atoms with van der Waals surface area (Å²) in [6.07, 6.45) is -2.11. The van der Waals surface area contributed by atoms with Gasteiger partial charge in [0.2, 0.25) is 0 Å². The minimum absolute atomic E-state index is 0.253. The second-order valence-corrected chi connectivity index (χ2v) is 7.98. The van der Waals surface area contributed by atoms with Gasteiger partial charge in [0.15, 0.2) is 11.6 Å². The Labute approximate surface area is 166 Å². The van der Waals surface area contributed by atoms with E-state index in [-0.39, 0.29) is 12.8 Å². The summed E-state index contributed by atoms with van der Waals surface area (Å²) in [7, 11) is 4.23. The molecule has 0 unspecified atom stereocenters. The highest BCUT2D eigenvalue weighted by atomic mass is 16.5. The van der Waals surface area contributed by atoms with Crippen LogP contribution in [0.3, 0.4) is 0 Å². The van der Waals surface area contributed by atoms with Crippen molar-refractivity contribution in [2.24, 2.45) is 21.7 Å². The molecular formula is C19H22O10. The predicted molar refractivity (Wildman–Crippen MR) is 90.9 cm³/mol. The fourth-order valence-corrected chi connectivity index (χ4v) is 5.69. The van der Waals surface area contributed by atoms with Crippen LogP contribution in [-0.4, -0.2) is 63.9 Å². The molecule has 10 heteroatoms. The second-order valence-electron chi connectivity index (χ2n) is 7.98. The fraction of sp³-hybridized carbons (Fsp3) is 0.684. The standard InChI is InChI=1S/C19H22O10/c1-26-12(22)16-5-6-17(13(23)27-2)8-19(10(16)20,15(25)29-4)9-18(7-16,11(17)21)14(24)28-3/h5-9H2,1-4H3/t16-,17+,18-,19+. The van der Waals surface area contributed by atoms with E-state index < -0.39 is 76.4 Å². The van der Waals surface area contributed by atoms with E-state index in [1.807, 2.05) is 0 Å². The number of esters is 4. The molecule has 0 amide bonds. The molecule has 4 fully saturated rings.